The van der Waals surface area contributed by atoms with Crippen molar-refractivity contribution < 1.29 is 0 Å². The first-order valence-corrected chi connectivity index (χ1v) is 14.7. The average molecular weight is 445 g/mol. The highest BCUT2D eigenvalue weighted by atomic mass is 32.2. The molecule has 0 spiro atoms. The Hall–Kier alpha value is 2.10. The van der Waals surface area contributed by atoms with Gasteiger partial charge in [-0.1, -0.05) is 20.8 Å². The van der Waals surface area contributed by atoms with Gasteiger partial charge in [0.05, 0.1) is 0 Å². The van der Waals surface area contributed by atoms with Crippen LogP contribution in [0.1, 0.15) is 40.0 Å². The third kappa shape index (κ3) is 9.87. The molecule has 0 amide bonds. The molecule has 0 bridgehead atoms. The fourth-order valence-corrected chi connectivity index (χ4v) is 8.43. The van der Waals surface area contributed by atoms with Crippen molar-refractivity contribution >= 4 is 72.3 Å². The minimum atomic E-state index is 0.432. The van der Waals surface area contributed by atoms with E-state index in [2.05, 4.69) is 81.3 Å². The molecular weight excluding hydrogens is 409 g/mol. The molecule has 1 aliphatic rings. The number of hydrogen-bond donors (Lipinski definition) is 2. The Morgan fingerprint density at radius 2 is 1.50 bits per heavy atom. The average Bonchev–Trinajstić information content (AvgIpc) is 2.55. The molecule has 1 fully saturated rings. The van der Waals surface area contributed by atoms with Crippen LogP contribution in [0, 0.1) is 11.8 Å². The maximum atomic E-state index is 4.29. The second-order valence-electron chi connectivity index (χ2n) is 7.02. The molecule has 1 saturated carbocycles. The SMILES string of the molecule is CC1CCC(C(C)(C)SCCSCCS)CC1SCCSCCS. The second kappa shape index (κ2) is 14.1. The Labute approximate surface area is 179 Å². The Kier molecular flexibility index (Phi) is 14.2. The number of thioether (sulfide) groups is 4. The molecule has 24 heavy (non-hydrogen) atoms. The van der Waals surface area contributed by atoms with Crippen molar-refractivity contribution in [1.82, 2.24) is 0 Å². The highest BCUT2D eigenvalue weighted by Crippen LogP contribution is 2.45. The monoisotopic (exact) mass is 444 g/mol. The van der Waals surface area contributed by atoms with Crippen LogP contribution in [0.5, 0.6) is 0 Å². The molecule has 0 nitrogen and oxygen atoms in total. The van der Waals surface area contributed by atoms with E-state index in [1.807, 2.05) is 11.8 Å². The summed E-state index contributed by atoms with van der Waals surface area (Å²) >= 11 is 17.1. The lowest BCUT2D eigenvalue weighted by molar-refractivity contribution is 0.261. The zero-order chi connectivity index (χ0) is 17.8. The molecule has 0 aromatic carbocycles. The van der Waals surface area contributed by atoms with E-state index in [4.69, 9.17) is 0 Å². The Bertz CT molecular complexity index is 310. The van der Waals surface area contributed by atoms with Gasteiger partial charge in [0.25, 0.3) is 0 Å². The van der Waals surface area contributed by atoms with Gasteiger partial charge in [-0.15, -0.1) is 0 Å². The summed E-state index contributed by atoms with van der Waals surface area (Å²) in [6, 6.07) is 0. The van der Waals surface area contributed by atoms with Crippen LogP contribution in [0.2, 0.25) is 0 Å². The predicted octanol–water partition coefficient (Wildman–Crippen LogP) is 6.36. The topological polar surface area (TPSA) is 0 Å². The lowest BCUT2D eigenvalue weighted by atomic mass is 9.77. The first-order valence-electron chi connectivity index (χ1n) is 9.14. The maximum Gasteiger partial charge on any atom is 0.0132 e. The molecule has 1 aliphatic carbocycles. The van der Waals surface area contributed by atoms with Gasteiger partial charge >= 0.3 is 0 Å². The Morgan fingerprint density at radius 3 is 2.12 bits per heavy atom. The molecule has 0 N–H and O–H groups in total. The molecule has 3 unspecified atom stereocenters. The molecule has 144 valence electrons. The van der Waals surface area contributed by atoms with Gasteiger partial charge in [-0.25, -0.2) is 0 Å². The largest absolute Gasteiger partial charge is 0.179 e. The summed E-state index contributed by atoms with van der Waals surface area (Å²) < 4.78 is 0.432. The molecule has 6 heteroatoms. The summed E-state index contributed by atoms with van der Waals surface area (Å²) in [5.41, 5.74) is 0. The first-order chi connectivity index (χ1) is 11.5. The third-order valence-electron chi connectivity index (χ3n) is 4.84. The van der Waals surface area contributed by atoms with Gasteiger partial charge in [-0.3, -0.25) is 0 Å². The minimum Gasteiger partial charge on any atom is -0.179 e. The van der Waals surface area contributed by atoms with E-state index in [0.717, 1.165) is 28.6 Å². The fraction of sp³-hybridized carbons (Fsp3) is 1.00. The number of hydrogen-bond acceptors (Lipinski definition) is 6. The van der Waals surface area contributed by atoms with Crippen LogP contribution in [0.3, 0.4) is 0 Å². The van der Waals surface area contributed by atoms with Gasteiger partial charge in [0.2, 0.25) is 0 Å². The summed E-state index contributed by atoms with van der Waals surface area (Å²) in [4.78, 5) is 0. The zero-order valence-electron chi connectivity index (χ0n) is 15.5. The van der Waals surface area contributed by atoms with Gasteiger partial charge in [-0.2, -0.15) is 72.3 Å². The van der Waals surface area contributed by atoms with E-state index in [1.165, 1.54) is 53.8 Å². The predicted molar refractivity (Wildman–Crippen MR) is 132 cm³/mol. The molecule has 1 rings (SSSR count). The Balaban J connectivity index is 2.33. The van der Waals surface area contributed by atoms with E-state index in [1.54, 1.807) is 0 Å². The lowest BCUT2D eigenvalue weighted by Gasteiger charge is -2.42. The first kappa shape index (κ1) is 24.1. The van der Waals surface area contributed by atoms with E-state index >= 15 is 0 Å². The van der Waals surface area contributed by atoms with E-state index in [0.29, 0.717) is 4.75 Å². The van der Waals surface area contributed by atoms with Crippen molar-refractivity contribution in [2.45, 2.75) is 50.0 Å². The smallest absolute Gasteiger partial charge is 0.0132 e. The normalized spacial score (nSPS) is 25.1. The van der Waals surface area contributed by atoms with Crippen molar-refractivity contribution in [2.75, 3.05) is 46.0 Å². The highest BCUT2D eigenvalue weighted by Gasteiger charge is 2.36. The summed E-state index contributed by atoms with van der Waals surface area (Å²) in [5.74, 6) is 11.3. The molecule has 0 heterocycles. The van der Waals surface area contributed by atoms with E-state index < -0.39 is 0 Å². The molecule has 0 saturated heterocycles. The lowest BCUT2D eigenvalue weighted by Crippen LogP contribution is -2.36. The highest BCUT2D eigenvalue weighted by molar-refractivity contribution is 8.04. The maximum absolute atomic E-state index is 4.29. The molecular formula is C18H36S6. The van der Waals surface area contributed by atoms with Crippen molar-refractivity contribution in [1.29, 1.82) is 0 Å². The van der Waals surface area contributed by atoms with Crippen molar-refractivity contribution in [3.63, 3.8) is 0 Å². The molecule has 3 atom stereocenters. The standard InChI is InChI=1S/C18H36S6/c1-15-4-5-16(14-17(15)23-12-10-21-8-6-19)18(2,3)24-13-11-22-9-7-20/h15-17,19-20H,4-14H2,1-3H3. The summed E-state index contributed by atoms with van der Waals surface area (Å²) in [6.45, 7) is 7.46. The van der Waals surface area contributed by atoms with Crippen LogP contribution in [0.25, 0.3) is 0 Å². The zero-order valence-corrected chi connectivity index (χ0v) is 20.6. The molecule has 0 aromatic heterocycles. The second-order valence-corrected chi connectivity index (χ2v) is 13.5. The van der Waals surface area contributed by atoms with Crippen LogP contribution in [0.4, 0.5) is 0 Å². The van der Waals surface area contributed by atoms with Crippen LogP contribution in [-0.4, -0.2) is 56.0 Å². The van der Waals surface area contributed by atoms with Crippen molar-refractivity contribution in [3.8, 4) is 0 Å². The summed E-state index contributed by atoms with van der Waals surface area (Å²) in [5, 5.41) is 0.874. The number of thiol groups is 2. The van der Waals surface area contributed by atoms with Gasteiger partial charge in [0.1, 0.15) is 0 Å². The summed E-state index contributed by atoms with van der Waals surface area (Å²) in [6.07, 6.45) is 4.27. The van der Waals surface area contributed by atoms with Gasteiger partial charge in [0, 0.05) is 44.5 Å². The van der Waals surface area contributed by atoms with Crippen molar-refractivity contribution in [3.05, 3.63) is 0 Å². The van der Waals surface area contributed by atoms with Gasteiger partial charge < -0.3 is 0 Å². The van der Waals surface area contributed by atoms with Crippen molar-refractivity contribution in [2.24, 2.45) is 11.8 Å². The molecule has 0 radical (unpaired) electrons. The van der Waals surface area contributed by atoms with Gasteiger partial charge in [-0.05, 0) is 42.6 Å². The van der Waals surface area contributed by atoms with Crippen LogP contribution >= 0.6 is 72.3 Å². The quantitative estimate of drug-likeness (QED) is 0.250. The molecule has 0 aromatic rings. The fourth-order valence-electron chi connectivity index (χ4n) is 3.22. The van der Waals surface area contributed by atoms with Crippen LogP contribution in [-0.2, 0) is 0 Å². The van der Waals surface area contributed by atoms with Gasteiger partial charge in [0.15, 0.2) is 0 Å². The Morgan fingerprint density at radius 1 is 0.875 bits per heavy atom. The van der Waals surface area contributed by atoms with E-state index in [9.17, 15) is 0 Å². The van der Waals surface area contributed by atoms with E-state index in [-0.39, 0.29) is 0 Å². The summed E-state index contributed by atoms with van der Waals surface area (Å²) in [7, 11) is 0. The minimum absolute atomic E-state index is 0.432. The third-order valence-corrected chi connectivity index (χ3v) is 11.4. The van der Waals surface area contributed by atoms with Crippen LogP contribution < -0.4 is 0 Å². The van der Waals surface area contributed by atoms with Crippen LogP contribution in [0.15, 0.2) is 0 Å². The number of rotatable bonds is 13. The molecule has 0 aliphatic heterocycles.